The Hall–Kier alpha value is -4.11. The lowest BCUT2D eigenvalue weighted by atomic mass is 9.97. The van der Waals surface area contributed by atoms with Crippen molar-refractivity contribution in [1.82, 2.24) is 29.4 Å². The molecule has 3 heterocycles. The van der Waals surface area contributed by atoms with Gasteiger partial charge in [0.2, 0.25) is 0 Å². The lowest BCUT2D eigenvalue weighted by Gasteiger charge is -2.10. The molecule has 2 aromatic carbocycles. The molecule has 1 N–H and O–H groups in total. The van der Waals surface area contributed by atoms with Crippen molar-refractivity contribution in [2.75, 3.05) is 7.11 Å². The number of rotatable bonds is 5. The molecule has 3 aromatic heterocycles. The average molecular weight is 430 g/mol. The highest BCUT2D eigenvalue weighted by Gasteiger charge is 2.16. The molecule has 0 aliphatic rings. The predicted molar refractivity (Wildman–Crippen MR) is 116 cm³/mol. The number of nitrogens with zero attached hydrogens (tertiary/aromatic N) is 6. The van der Waals surface area contributed by atoms with Crippen molar-refractivity contribution in [1.29, 1.82) is 0 Å². The van der Waals surface area contributed by atoms with Crippen LogP contribution in [-0.4, -0.2) is 41.6 Å². The van der Waals surface area contributed by atoms with Gasteiger partial charge in [0.05, 0.1) is 13.7 Å². The molecule has 0 saturated heterocycles. The predicted octanol–water partition coefficient (Wildman–Crippen LogP) is 3.50. The number of fused-ring (bicyclic) bond motifs is 1. The molecule has 160 valence electrons. The van der Waals surface area contributed by atoms with E-state index < -0.39 is 0 Å². The SMILES string of the molecule is COc1cc(CO)cn2nc(-c3cccc(-c4ccc(F)cc4-c4nncn4C)c3)nc12. The van der Waals surface area contributed by atoms with Gasteiger partial charge in [-0.3, -0.25) is 0 Å². The summed E-state index contributed by atoms with van der Waals surface area (Å²) in [4.78, 5) is 4.62. The summed E-state index contributed by atoms with van der Waals surface area (Å²) in [6, 6.07) is 14.0. The third kappa shape index (κ3) is 3.38. The highest BCUT2D eigenvalue weighted by atomic mass is 19.1. The standard InChI is InChI=1S/C23H19FN6O2/c1-29-13-25-27-22(29)19-10-17(24)6-7-18(19)15-4-3-5-16(9-15)21-26-23-20(32-2)8-14(12-31)11-30(23)28-21/h3-11,13,31H,12H2,1-2H3. The largest absolute Gasteiger partial charge is 0.493 e. The number of aromatic nitrogens is 6. The highest BCUT2D eigenvalue weighted by molar-refractivity contribution is 5.82. The Morgan fingerprint density at radius 3 is 2.66 bits per heavy atom. The molecule has 0 atom stereocenters. The van der Waals surface area contributed by atoms with Crippen LogP contribution >= 0.6 is 0 Å². The summed E-state index contributed by atoms with van der Waals surface area (Å²) in [5.74, 6) is 1.24. The second-order valence-corrected chi connectivity index (χ2v) is 7.31. The molecule has 0 saturated carbocycles. The van der Waals surface area contributed by atoms with E-state index in [-0.39, 0.29) is 12.4 Å². The molecular weight excluding hydrogens is 411 g/mol. The van der Waals surface area contributed by atoms with Crippen molar-refractivity contribution in [3.8, 4) is 39.7 Å². The number of methoxy groups -OCH3 is 1. The van der Waals surface area contributed by atoms with Crippen molar-refractivity contribution < 1.29 is 14.2 Å². The van der Waals surface area contributed by atoms with Gasteiger partial charge in [-0.1, -0.05) is 24.3 Å². The summed E-state index contributed by atoms with van der Waals surface area (Å²) in [5, 5.41) is 22.1. The Kier molecular flexibility index (Phi) is 4.87. The fourth-order valence-electron chi connectivity index (χ4n) is 3.67. The van der Waals surface area contributed by atoms with E-state index in [1.165, 1.54) is 12.1 Å². The van der Waals surface area contributed by atoms with Gasteiger partial charge in [0.15, 0.2) is 23.0 Å². The third-order valence-corrected chi connectivity index (χ3v) is 5.22. The molecule has 0 aliphatic carbocycles. The van der Waals surface area contributed by atoms with E-state index in [9.17, 15) is 9.50 Å². The van der Waals surface area contributed by atoms with Gasteiger partial charge in [0.1, 0.15) is 12.1 Å². The molecule has 5 rings (SSSR count). The van der Waals surface area contributed by atoms with Crippen LogP contribution in [-0.2, 0) is 13.7 Å². The number of ether oxygens (including phenoxy) is 1. The van der Waals surface area contributed by atoms with Crippen molar-refractivity contribution >= 4 is 5.65 Å². The molecule has 0 unspecified atom stereocenters. The minimum Gasteiger partial charge on any atom is -0.493 e. The first-order valence-electron chi connectivity index (χ1n) is 9.86. The number of hydrogen-bond acceptors (Lipinski definition) is 6. The van der Waals surface area contributed by atoms with Gasteiger partial charge in [-0.05, 0) is 41.0 Å². The van der Waals surface area contributed by atoms with Crippen molar-refractivity contribution in [2.45, 2.75) is 6.61 Å². The van der Waals surface area contributed by atoms with Crippen molar-refractivity contribution in [3.05, 3.63) is 72.4 Å². The summed E-state index contributed by atoms with van der Waals surface area (Å²) < 4.78 is 22.8. The maximum absolute atomic E-state index is 14.1. The minimum absolute atomic E-state index is 0.133. The van der Waals surface area contributed by atoms with Crippen molar-refractivity contribution in [3.63, 3.8) is 0 Å². The van der Waals surface area contributed by atoms with Gasteiger partial charge in [-0.25, -0.2) is 13.9 Å². The molecule has 32 heavy (non-hydrogen) atoms. The zero-order valence-corrected chi connectivity index (χ0v) is 17.4. The lowest BCUT2D eigenvalue weighted by molar-refractivity contribution is 0.280. The summed E-state index contributed by atoms with van der Waals surface area (Å²) in [5.41, 5.74) is 4.31. The zero-order chi connectivity index (χ0) is 22.2. The smallest absolute Gasteiger partial charge is 0.198 e. The molecule has 0 aliphatic heterocycles. The maximum Gasteiger partial charge on any atom is 0.198 e. The van der Waals surface area contributed by atoms with Gasteiger partial charge in [-0.2, -0.15) is 0 Å². The number of pyridine rings is 1. The van der Waals surface area contributed by atoms with Crippen LogP contribution in [0.1, 0.15) is 5.56 Å². The normalized spacial score (nSPS) is 11.2. The summed E-state index contributed by atoms with van der Waals surface area (Å²) in [6.45, 7) is -0.133. The molecule has 8 nitrogen and oxygen atoms in total. The minimum atomic E-state index is -0.350. The van der Waals surface area contributed by atoms with Crippen LogP contribution < -0.4 is 4.74 Å². The second-order valence-electron chi connectivity index (χ2n) is 7.31. The summed E-state index contributed by atoms with van der Waals surface area (Å²) in [7, 11) is 3.36. The highest BCUT2D eigenvalue weighted by Crippen LogP contribution is 2.33. The molecule has 5 aromatic rings. The van der Waals surface area contributed by atoms with E-state index in [0.29, 0.717) is 34.2 Å². The van der Waals surface area contributed by atoms with Crippen molar-refractivity contribution in [2.24, 2.45) is 7.05 Å². The molecule has 0 spiro atoms. The summed E-state index contributed by atoms with van der Waals surface area (Å²) >= 11 is 0. The summed E-state index contributed by atoms with van der Waals surface area (Å²) in [6.07, 6.45) is 3.29. The first-order valence-corrected chi connectivity index (χ1v) is 9.86. The average Bonchev–Trinajstić information content (AvgIpc) is 3.44. The Bertz CT molecular complexity index is 1440. The van der Waals surface area contributed by atoms with Gasteiger partial charge in [0.25, 0.3) is 0 Å². The number of aryl methyl sites for hydroxylation is 1. The lowest BCUT2D eigenvalue weighted by Crippen LogP contribution is -1.96. The number of hydrogen-bond donors (Lipinski definition) is 1. The van der Waals surface area contributed by atoms with Gasteiger partial charge >= 0.3 is 0 Å². The van der Waals surface area contributed by atoms with E-state index in [1.54, 1.807) is 40.8 Å². The molecule has 0 fully saturated rings. The fourth-order valence-corrected chi connectivity index (χ4v) is 3.67. The number of benzene rings is 2. The molecule has 0 radical (unpaired) electrons. The van der Waals surface area contributed by atoms with Crippen LogP contribution in [0.3, 0.4) is 0 Å². The van der Waals surface area contributed by atoms with Crippen LogP contribution in [0.4, 0.5) is 4.39 Å². The monoisotopic (exact) mass is 430 g/mol. The van der Waals surface area contributed by atoms with E-state index in [2.05, 4.69) is 20.3 Å². The van der Waals surface area contributed by atoms with E-state index in [0.717, 1.165) is 16.7 Å². The fraction of sp³-hybridized carbons (Fsp3) is 0.130. The number of aliphatic hydroxyl groups is 1. The van der Waals surface area contributed by atoms with Gasteiger partial charge in [0, 0.05) is 24.4 Å². The quantitative estimate of drug-likeness (QED) is 0.459. The zero-order valence-electron chi connectivity index (χ0n) is 17.4. The third-order valence-electron chi connectivity index (χ3n) is 5.22. The Balaban J connectivity index is 1.64. The Morgan fingerprint density at radius 1 is 1.06 bits per heavy atom. The molecular formula is C23H19FN6O2. The molecule has 0 bridgehead atoms. The molecule has 9 heteroatoms. The number of aliphatic hydroxyl groups excluding tert-OH is 1. The first kappa shape index (κ1) is 19.8. The van der Waals surface area contributed by atoms with Crippen LogP contribution in [0.2, 0.25) is 0 Å². The van der Waals surface area contributed by atoms with Crippen LogP contribution in [0.25, 0.3) is 39.5 Å². The first-order chi connectivity index (χ1) is 15.6. The van der Waals surface area contributed by atoms with Crippen LogP contribution in [0, 0.1) is 5.82 Å². The van der Waals surface area contributed by atoms with Crippen LogP contribution in [0.15, 0.2) is 61.1 Å². The van der Waals surface area contributed by atoms with Gasteiger partial charge in [-0.15, -0.1) is 15.3 Å². The van der Waals surface area contributed by atoms with E-state index in [4.69, 9.17) is 4.74 Å². The second kappa shape index (κ2) is 7.86. The van der Waals surface area contributed by atoms with Crippen LogP contribution in [0.5, 0.6) is 5.75 Å². The Morgan fingerprint density at radius 2 is 1.91 bits per heavy atom. The van der Waals surface area contributed by atoms with E-state index in [1.807, 2.05) is 31.3 Å². The molecule has 0 amide bonds. The topological polar surface area (TPSA) is 90.4 Å². The maximum atomic E-state index is 14.1. The number of halogens is 1. The Labute approximate surface area is 182 Å². The van der Waals surface area contributed by atoms with E-state index >= 15 is 0 Å². The van der Waals surface area contributed by atoms with Gasteiger partial charge < -0.3 is 14.4 Å².